The SMILES string of the molecule is C=C(C)C(=O)OCC1CC2CCC1(OCCCCCCCCCCCCCCCCCCCC)C2. The quantitative estimate of drug-likeness (QED) is 0.0812. The number of unbranched alkanes of at least 4 members (excludes halogenated alkanes) is 17. The van der Waals surface area contributed by atoms with Gasteiger partial charge in [-0.3, -0.25) is 0 Å². The molecule has 0 saturated heterocycles. The van der Waals surface area contributed by atoms with Gasteiger partial charge in [0.2, 0.25) is 0 Å². The largest absolute Gasteiger partial charge is 0.462 e. The summed E-state index contributed by atoms with van der Waals surface area (Å²) in [6.07, 6.45) is 30.0. The Morgan fingerprint density at radius 2 is 1.29 bits per heavy atom. The van der Waals surface area contributed by atoms with E-state index in [1.54, 1.807) is 6.92 Å². The van der Waals surface area contributed by atoms with Crippen molar-refractivity contribution in [3.05, 3.63) is 12.2 Å². The van der Waals surface area contributed by atoms with Crippen molar-refractivity contribution in [2.45, 2.75) is 161 Å². The van der Waals surface area contributed by atoms with Crippen LogP contribution in [0.4, 0.5) is 0 Å². The van der Waals surface area contributed by atoms with Crippen LogP contribution in [0.1, 0.15) is 155 Å². The Morgan fingerprint density at radius 3 is 1.74 bits per heavy atom. The van der Waals surface area contributed by atoms with Crippen LogP contribution in [-0.2, 0) is 14.3 Å². The normalized spacial score (nSPS) is 23.1. The molecule has 0 aromatic heterocycles. The molecule has 204 valence electrons. The first-order chi connectivity index (χ1) is 17.1. The van der Waals surface area contributed by atoms with E-state index in [4.69, 9.17) is 9.47 Å². The first-order valence-electron chi connectivity index (χ1n) is 15.5. The molecule has 2 fully saturated rings. The molecule has 0 aromatic rings. The third-order valence-electron chi connectivity index (χ3n) is 8.62. The fourth-order valence-corrected chi connectivity index (χ4v) is 6.38. The Morgan fingerprint density at radius 1 is 0.800 bits per heavy atom. The summed E-state index contributed by atoms with van der Waals surface area (Å²) in [4.78, 5) is 11.8. The number of carbonyl (C=O) groups is 1. The fraction of sp³-hybridized carbons (Fsp3) is 0.906. The van der Waals surface area contributed by atoms with Crippen LogP contribution in [0, 0.1) is 11.8 Å². The van der Waals surface area contributed by atoms with Crippen LogP contribution >= 0.6 is 0 Å². The molecule has 2 rings (SSSR count). The van der Waals surface area contributed by atoms with Gasteiger partial charge in [0.1, 0.15) is 0 Å². The van der Waals surface area contributed by atoms with Crippen molar-refractivity contribution < 1.29 is 14.3 Å². The number of esters is 1. The van der Waals surface area contributed by atoms with Crippen molar-refractivity contribution in [2.75, 3.05) is 13.2 Å². The van der Waals surface area contributed by atoms with Gasteiger partial charge in [-0.1, -0.05) is 123 Å². The molecule has 3 heteroatoms. The van der Waals surface area contributed by atoms with Crippen molar-refractivity contribution in [1.29, 1.82) is 0 Å². The summed E-state index contributed by atoms with van der Waals surface area (Å²) in [5, 5.41) is 0. The lowest BCUT2D eigenvalue weighted by Gasteiger charge is -2.35. The van der Waals surface area contributed by atoms with Crippen LogP contribution in [-0.4, -0.2) is 24.8 Å². The van der Waals surface area contributed by atoms with Crippen LogP contribution in [0.25, 0.3) is 0 Å². The Hall–Kier alpha value is -0.830. The van der Waals surface area contributed by atoms with E-state index in [1.165, 1.54) is 128 Å². The zero-order valence-corrected chi connectivity index (χ0v) is 23.6. The van der Waals surface area contributed by atoms with Gasteiger partial charge in [-0.05, 0) is 44.9 Å². The van der Waals surface area contributed by atoms with E-state index in [1.807, 2.05) is 0 Å². The van der Waals surface area contributed by atoms with Gasteiger partial charge in [0.05, 0.1) is 12.2 Å². The van der Waals surface area contributed by atoms with Gasteiger partial charge >= 0.3 is 5.97 Å². The minimum Gasteiger partial charge on any atom is -0.462 e. The molecule has 0 aliphatic heterocycles. The monoisotopic (exact) mass is 490 g/mol. The summed E-state index contributed by atoms with van der Waals surface area (Å²) >= 11 is 0. The van der Waals surface area contributed by atoms with E-state index in [0.717, 1.165) is 25.4 Å². The number of ether oxygens (including phenoxy) is 2. The predicted octanol–water partition coefficient (Wildman–Crippen LogP) is 9.72. The van der Waals surface area contributed by atoms with Crippen molar-refractivity contribution in [3.8, 4) is 0 Å². The number of carbonyl (C=O) groups excluding carboxylic acids is 1. The molecule has 3 atom stereocenters. The second-order valence-corrected chi connectivity index (χ2v) is 11.8. The topological polar surface area (TPSA) is 35.5 Å². The fourth-order valence-electron chi connectivity index (χ4n) is 6.38. The summed E-state index contributed by atoms with van der Waals surface area (Å²) in [5.74, 6) is 0.885. The van der Waals surface area contributed by atoms with Gasteiger partial charge in [0, 0.05) is 18.1 Å². The van der Waals surface area contributed by atoms with Gasteiger partial charge in [-0.2, -0.15) is 0 Å². The van der Waals surface area contributed by atoms with E-state index in [0.29, 0.717) is 18.1 Å². The predicted molar refractivity (Wildman–Crippen MR) is 149 cm³/mol. The number of hydrogen-bond donors (Lipinski definition) is 0. The molecule has 0 amide bonds. The standard InChI is InChI=1S/C32H58O3/c1-4-5-6-7-8-9-10-11-12-13-14-15-16-17-18-19-20-21-24-35-32-23-22-29(26-32)25-30(32)27-34-31(33)28(2)3/h29-30H,2,4-27H2,1,3H3. The summed E-state index contributed by atoms with van der Waals surface area (Å²) in [6, 6.07) is 0. The Labute approximate surface area is 218 Å². The zero-order valence-electron chi connectivity index (χ0n) is 23.6. The molecule has 2 bridgehead atoms. The average molecular weight is 491 g/mol. The maximum Gasteiger partial charge on any atom is 0.333 e. The van der Waals surface area contributed by atoms with Gasteiger partial charge in [0.15, 0.2) is 0 Å². The molecule has 2 aliphatic carbocycles. The maximum absolute atomic E-state index is 11.8. The van der Waals surface area contributed by atoms with E-state index in [9.17, 15) is 4.79 Å². The molecule has 2 saturated carbocycles. The molecule has 0 N–H and O–H groups in total. The van der Waals surface area contributed by atoms with E-state index < -0.39 is 0 Å². The second kappa shape index (κ2) is 18.4. The molecule has 0 spiro atoms. The highest BCUT2D eigenvalue weighted by molar-refractivity contribution is 5.86. The number of fused-ring (bicyclic) bond motifs is 2. The highest BCUT2D eigenvalue weighted by Crippen LogP contribution is 2.53. The number of hydrogen-bond acceptors (Lipinski definition) is 3. The minimum atomic E-state index is -0.258. The summed E-state index contributed by atoms with van der Waals surface area (Å²) < 4.78 is 12.0. The molecular formula is C32H58O3. The van der Waals surface area contributed by atoms with Crippen molar-refractivity contribution >= 4 is 5.97 Å². The van der Waals surface area contributed by atoms with E-state index >= 15 is 0 Å². The van der Waals surface area contributed by atoms with Crippen LogP contribution in [0.3, 0.4) is 0 Å². The van der Waals surface area contributed by atoms with Gasteiger partial charge in [0.25, 0.3) is 0 Å². The summed E-state index contributed by atoms with van der Waals surface area (Å²) in [6.45, 7) is 9.07. The van der Waals surface area contributed by atoms with Gasteiger partial charge in [-0.25, -0.2) is 4.79 Å². The third-order valence-corrected chi connectivity index (χ3v) is 8.62. The number of rotatable bonds is 23. The Kier molecular flexibility index (Phi) is 16.0. The molecule has 3 nitrogen and oxygen atoms in total. The van der Waals surface area contributed by atoms with Gasteiger partial charge < -0.3 is 9.47 Å². The van der Waals surface area contributed by atoms with Crippen molar-refractivity contribution in [2.24, 2.45) is 11.8 Å². The van der Waals surface area contributed by atoms with Crippen LogP contribution in [0.2, 0.25) is 0 Å². The minimum absolute atomic E-state index is 0.0192. The smallest absolute Gasteiger partial charge is 0.333 e. The lowest BCUT2D eigenvalue weighted by Crippen LogP contribution is -2.39. The second-order valence-electron chi connectivity index (χ2n) is 11.8. The zero-order chi connectivity index (χ0) is 25.2. The van der Waals surface area contributed by atoms with Crippen molar-refractivity contribution in [1.82, 2.24) is 0 Å². The molecule has 0 aromatic carbocycles. The summed E-state index contributed by atoms with van der Waals surface area (Å²) in [5.41, 5.74) is 0.469. The first-order valence-corrected chi connectivity index (χ1v) is 15.5. The first kappa shape index (κ1) is 30.4. The van der Waals surface area contributed by atoms with Crippen LogP contribution in [0.15, 0.2) is 12.2 Å². The van der Waals surface area contributed by atoms with E-state index in [-0.39, 0.29) is 11.6 Å². The molecule has 2 aliphatic rings. The summed E-state index contributed by atoms with van der Waals surface area (Å²) in [7, 11) is 0. The lowest BCUT2D eigenvalue weighted by atomic mass is 9.85. The maximum atomic E-state index is 11.8. The van der Waals surface area contributed by atoms with Gasteiger partial charge in [-0.15, -0.1) is 0 Å². The molecule has 0 radical (unpaired) electrons. The van der Waals surface area contributed by atoms with Crippen molar-refractivity contribution in [3.63, 3.8) is 0 Å². The van der Waals surface area contributed by atoms with Crippen LogP contribution < -0.4 is 0 Å². The molecule has 35 heavy (non-hydrogen) atoms. The molecule has 3 unspecified atom stereocenters. The third kappa shape index (κ3) is 12.3. The Balaban J connectivity index is 1.36. The molecular weight excluding hydrogens is 432 g/mol. The Bertz CT molecular complexity index is 571. The average Bonchev–Trinajstić information content (AvgIpc) is 3.42. The van der Waals surface area contributed by atoms with E-state index in [2.05, 4.69) is 13.5 Å². The highest BCUT2D eigenvalue weighted by Gasteiger charge is 2.53. The molecule has 0 heterocycles. The lowest BCUT2D eigenvalue weighted by molar-refractivity contribution is -0.146. The van der Waals surface area contributed by atoms with Crippen LogP contribution in [0.5, 0.6) is 0 Å². The highest BCUT2D eigenvalue weighted by atomic mass is 16.5.